The van der Waals surface area contributed by atoms with Crippen molar-refractivity contribution in [2.75, 3.05) is 12.4 Å². The van der Waals surface area contributed by atoms with Crippen molar-refractivity contribution in [2.45, 2.75) is 0 Å². The van der Waals surface area contributed by atoms with Crippen LogP contribution < -0.4 is 15.4 Å². The topological polar surface area (TPSA) is 102 Å². The summed E-state index contributed by atoms with van der Waals surface area (Å²) < 4.78 is 5.90. The third-order valence-electron chi connectivity index (χ3n) is 5.11. The molecule has 2 N–H and O–H groups in total. The number of amides is 1. The molecule has 3 heterocycles. The smallest absolute Gasteiger partial charge is 0.269 e. The molecule has 0 bridgehead atoms. The molecular formula is C26H20N6O2. The minimum atomic E-state index is -0.274. The molecule has 0 spiro atoms. The van der Waals surface area contributed by atoms with Crippen molar-refractivity contribution in [1.29, 1.82) is 0 Å². The number of carbonyl (C=O) groups is 1. The Morgan fingerprint density at radius 1 is 0.853 bits per heavy atom. The van der Waals surface area contributed by atoms with Gasteiger partial charge < -0.3 is 15.4 Å². The number of carbonyl (C=O) groups excluding carboxylic acids is 1. The Labute approximate surface area is 195 Å². The van der Waals surface area contributed by atoms with Gasteiger partial charge in [0.1, 0.15) is 17.2 Å². The zero-order valence-corrected chi connectivity index (χ0v) is 18.3. The molecular weight excluding hydrogens is 428 g/mol. The molecule has 0 saturated carbocycles. The van der Waals surface area contributed by atoms with E-state index in [1.54, 1.807) is 31.6 Å². The monoisotopic (exact) mass is 448 g/mol. The zero-order chi connectivity index (χ0) is 23.3. The highest BCUT2D eigenvalue weighted by Gasteiger charge is 2.08. The quantitative estimate of drug-likeness (QED) is 0.378. The van der Waals surface area contributed by atoms with E-state index in [2.05, 4.69) is 30.6 Å². The molecule has 8 nitrogen and oxygen atoms in total. The van der Waals surface area contributed by atoms with Crippen molar-refractivity contribution in [1.82, 2.24) is 25.3 Å². The maximum absolute atomic E-state index is 11.8. The van der Waals surface area contributed by atoms with E-state index in [4.69, 9.17) is 4.74 Å². The van der Waals surface area contributed by atoms with Gasteiger partial charge in [0, 0.05) is 49.0 Å². The molecule has 0 aliphatic heterocycles. The lowest BCUT2D eigenvalue weighted by atomic mass is 10.1. The summed E-state index contributed by atoms with van der Waals surface area (Å²) in [5, 5.41) is 6.61. The summed E-state index contributed by atoms with van der Waals surface area (Å²) in [6.07, 6.45) is 6.87. The minimum absolute atomic E-state index is 0.274. The van der Waals surface area contributed by atoms with Crippen LogP contribution in [0.5, 0.6) is 11.5 Å². The maximum Gasteiger partial charge on any atom is 0.269 e. The number of anilines is 2. The fourth-order valence-electron chi connectivity index (χ4n) is 3.41. The number of nitrogens with zero attached hydrogens (tertiary/aromatic N) is 4. The number of pyridine rings is 2. The van der Waals surface area contributed by atoms with Gasteiger partial charge in [-0.15, -0.1) is 0 Å². The third kappa shape index (κ3) is 4.66. The minimum Gasteiger partial charge on any atom is -0.457 e. The Kier molecular flexibility index (Phi) is 5.77. The first-order chi connectivity index (χ1) is 16.7. The van der Waals surface area contributed by atoms with Crippen LogP contribution in [-0.4, -0.2) is 32.9 Å². The lowest BCUT2D eigenvalue weighted by Crippen LogP contribution is -2.18. The van der Waals surface area contributed by atoms with Crippen molar-refractivity contribution >= 4 is 28.4 Å². The largest absolute Gasteiger partial charge is 0.457 e. The number of nitrogens with one attached hydrogen (secondary N) is 2. The summed E-state index contributed by atoms with van der Waals surface area (Å²) >= 11 is 0. The lowest BCUT2D eigenvalue weighted by molar-refractivity contribution is 0.0958. The first kappa shape index (κ1) is 21.0. The van der Waals surface area contributed by atoms with Gasteiger partial charge in [-0.3, -0.25) is 14.8 Å². The summed E-state index contributed by atoms with van der Waals surface area (Å²) in [5.41, 5.74) is 4.09. The predicted molar refractivity (Wildman–Crippen MR) is 130 cm³/mol. The molecule has 0 radical (unpaired) electrons. The second kappa shape index (κ2) is 9.33. The SMILES string of the molecule is CNC(=O)c1cc(Oc2ccc3nc(Nc4ccc(-c5cccnc5)cc4)ncc3c2)ccn1. The fraction of sp³-hybridized carbons (Fsp3) is 0.0385. The van der Waals surface area contributed by atoms with Gasteiger partial charge in [-0.1, -0.05) is 18.2 Å². The van der Waals surface area contributed by atoms with Gasteiger partial charge in [-0.05, 0) is 53.6 Å². The molecule has 5 aromatic rings. The van der Waals surface area contributed by atoms with Crippen molar-refractivity contribution in [3.05, 3.63) is 97.2 Å². The molecule has 34 heavy (non-hydrogen) atoms. The van der Waals surface area contributed by atoms with E-state index >= 15 is 0 Å². The van der Waals surface area contributed by atoms with Crippen LogP contribution in [0.3, 0.4) is 0 Å². The summed E-state index contributed by atoms with van der Waals surface area (Å²) in [5.74, 6) is 1.35. The lowest BCUT2D eigenvalue weighted by Gasteiger charge is -2.09. The Bertz CT molecular complexity index is 1460. The molecule has 166 valence electrons. The molecule has 1 amide bonds. The van der Waals surface area contributed by atoms with E-state index in [-0.39, 0.29) is 11.6 Å². The van der Waals surface area contributed by atoms with Crippen molar-refractivity contribution in [2.24, 2.45) is 0 Å². The van der Waals surface area contributed by atoms with Crippen LogP contribution in [0.4, 0.5) is 11.6 Å². The van der Waals surface area contributed by atoms with Gasteiger partial charge in [0.15, 0.2) is 0 Å². The summed E-state index contributed by atoms with van der Waals surface area (Å²) in [6, 6.07) is 20.8. The normalized spacial score (nSPS) is 10.6. The summed E-state index contributed by atoms with van der Waals surface area (Å²) in [6.45, 7) is 0. The van der Waals surface area contributed by atoms with Crippen LogP contribution in [0.1, 0.15) is 10.5 Å². The fourth-order valence-corrected chi connectivity index (χ4v) is 3.41. The molecule has 0 aliphatic rings. The van der Waals surface area contributed by atoms with Crippen molar-refractivity contribution < 1.29 is 9.53 Å². The molecule has 8 heteroatoms. The first-order valence-corrected chi connectivity index (χ1v) is 10.6. The number of hydrogen-bond acceptors (Lipinski definition) is 7. The number of aromatic nitrogens is 4. The molecule has 0 saturated heterocycles. The molecule has 2 aromatic carbocycles. The van der Waals surface area contributed by atoms with Crippen LogP contribution in [0.15, 0.2) is 91.5 Å². The van der Waals surface area contributed by atoms with Gasteiger partial charge >= 0.3 is 0 Å². The summed E-state index contributed by atoms with van der Waals surface area (Å²) in [4.78, 5) is 29.0. The number of benzene rings is 2. The maximum atomic E-state index is 11.8. The van der Waals surface area contributed by atoms with Gasteiger partial charge in [0.25, 0.3) is 5.91 Å². The zero-order valence-electron chi connectivity index (χ0n) is 18.3. The molecule has 0 unspecified atom stereocenters. The Morgan fingerprint density at radius 3 is 2.50 bits per heavy atom. The van der Waals surface area contributed by atoms with Crippen molar-refractivity contribution in [3.63, 3.8) is 0 Å². The van der Waals surface area contributed by atoms with Crippen LogP contribution in [0, 0.1) is 0 Å². The Hall–Kier alpha value is -4.85. The van der Waals surface area contributed by atoms with E-state index in [1.165, 1.54) is 6.20 Å². The average molecular weight is 448 g/mol. The number of ether oxygens (including phenoxy) is 1. The molecule has 3 aromatic heterocycles. The Balaban J connectivity index is 1.31. The van der Waals surface area contributed by atoms with Crippen LogP contribution in [-0.2, 0) is 0 Å². The van der Waals surface area contributed by atoms with Crippen molar-refractivity contribution in [3.8, 4) is 22.6 Å². The second-order valence-corrected chi connectivity index (χ2v) is 7.42. The van der Waals surface area contributed by atoms with Gasteiger partial charge in [0.2, 0.25) is 5.95 Å². The van der Waals surface area contributed by atoms with Crippen LogP contribution in [0.25, 0.3) is 22.0 Å². The van der Waals surface area contributed by atoms with Crippen LogP contribution >= 0.6 is 0 Å². The molecule has 5 rings (SSSR count). The summed E-state index contributed by atoms with van der Waals surface area (Å²) in [7, 11) is 1.56. The molecule has 0 fully saturated rings. The van der Waals surface area contributed by atoms with Crippen LogP contribution in [0.2, 0.25) is 0 Å². The third-order valence-corrected chi connectivity index (χ3v) is 5.11. The van der Waals surface area contributed by atoms with E-state index in [0.717, 1.165) is 27.7 Å². The number of rotatable bonds is 6. The highest BCUT2D eigenvalue weighted by Crippen LogP contribution is 2.26. The average Bonchev–Trinajstić information content (AvgIpc) is 2.89. The first-order valence-electron chi connectivity index (χ1n) is 10.6. The van der Waals surface area contributed by atoms with E-state index in [1.807, 2.05) is 60.8 Å². The molecule has 0 aliphatic carbocycles. The second-order valence-electron chi connectivity index (χ2n) is 7.42. The Morgan fingerprint density at radius 2 is 1.71 bits per heavy atom. The van der Waals surface area contributed by atoms with Gasteiger partial charge in [-0.25, -0.2) is 9.97 Å². The highest BCUT2D eigenvalue weighted by molar-refractivity contribution is 5.92. The highest BCUT2D eigenvalue weighted by atomic mass is 16.5. The standard InChI is InChI=1S/C26H20N6O2/c1-27-25(33)24-14-22(10-12-29-24)34-21-8-9-23-19(13-21)16-30-26(32-23)31-20-6-4-17(5-7-20)18-3-2-11-28-15-18/h2-16H,1H3,(H,27,33)(H,30,31,32). The molecule has 0 atom stereocenters. The van der Waals surface area contributed by atoms with Gasteiger partial charge in [-0.2, -0.15) is 0 Å². The van der Waals surface area contributed by atoms with E-state index < -0.39 is 0 Å². The number of hydrogen-bond donors (Lipinski definition) is 2. The van der Waals surface area contributed by atoms with E-state index in [9.17, 15) is 4.79 Å². The van der Waals surface area contributed by atoms with E-state index in [0.29, 0.717) is 17.4 Å². The van der Waals surface area contributed by atoms with Gasteiger partial charge in [0.05, 0.1) is 5.52 Å². The predicted octanol–water partition coefficient (Wildman–Crippen LogP) is 4.98. The number of fused-ring (bicyclic) bond motifs is 1.